The summed E-state index contributed by atoms with van der Waals surface area (Å²) in [6.07, 6.45) is 3.29. The minimum Gasteiger partial charge on any atom is -0.370 e. The molecule has 5 heteroatoms. The number of likely N-dealkylation sites (tertiary alicyclic amines) is 1. The maximum atomic E-state index is 10.9. The molecule has 1 unspecified atom stereocenters. The number of hydrogen-bond acceptors (Lipinski definition) is 4. The van der Waals surface area contributed by atoms with Gasteiger partial charge in [-0.1, -0.05) is 0 Å². The van der Waals surface area contributed by atoms with E-state index in [2.05, 4.69) is 28.7 Å². The molecule has 1 aliphatic rings. The largest absolute Gasteiger partial charge is 0.370 e. The summed E-state index contributed by atoms with van der Waals surface area (Å²) in [5.41, 5.74) is 7.21. The van der Waals surface area contributed by atoms with E-state index in [1.165, 1.54) is 6.42 Å². The number of aryl methyl sites for hydroxylation is 2. The zero-order valence-corrected chi connectivity index (χ0v) is 12.6. The van der Waals surface area contributed by atoms with Gasteiger partial charge in [-0.15, -0.1) is 0 Å². The number of rotatable bonds is 5. The van der Waals surface area contributed by atoms with Crippen LogP contribution in [0.25, 0.3) is 0 Å². The van der Waals surface area contributed by atoms with Gasteiger partial charge >= 0.3 is 0 Å². The number of primary amides is 1. The lowest BCUT2D eigenvalue weighted by molar-refractivity contribution is -0.118. The molecule has 2 rings (SSSR count). The lowest BCUT2D eigenvalue weighted by Crippen LogP contribution is -2.31. The SMILES string of the molecule is Cc1nc(CCC(N)=O)cc(C2CCCN2C(C)C)n1. The Morgan fingerprint density at radius 3 is 2.90 bits per heavy atom. The van der Waals surface area contributed by atoms with Crippen LogP contribution in [-0.2, 0) is 11.2 Å². The zero-order valence-electron chi connectivity index (χ0n) is 12.6. The van der Waals surface area contributed by atoms with Crippen LogP contribution in [0.2, 0.25) is 0 Å². The van der Waals surface area contributed by atoms with E-state index in [1.54, 1.807) is 0 Å². The molecule has 1 amide bonds. The van der Waals surface area contributed by atoms with Crippen LogP contribution >= 0.6 is 0 Å². The Hall–Kier alpha value is -1.49. The normalized spacial score (nSPS) is 19.7. The van der Waals surface area contributed by atoms with Crippen LogP contribution < -0.4 is 5.73 Å². The molecule has 1 fully saturated rings. The Morgan fingerprint density at radius 2 is 2.25 bits per heavy atom. The molecular formula is C15H24N4O. The molecule has 0 aliphatic carbocycles. The van der Waals surface area contributed by atoms with Crippen molar-refractivity contribution in [3.63, 3.8) is 0 Å². The molecule has 0 spiro atoms. The predicted octanol–water partition coefficient (Wildman–Crippen LogP) is 1.75. The molecule has 2 heterocycles. The summed E-state index contributed by atoms with van der Waals surface area (Å²) in [4.78, 5) is 22.4. The van der Waals surface area contributed by atoms with Crippen LogP contribution in [0.5, 0.6) is 0 Å². The minimum atomic E-state index is -0.285. The van der Waals surface area contributed by atoms with E-state index in [0.717, 1.165) is 30.2 Å². The van der Waals surface area contributed by atoms with Crippen LogP contribution in [0.4, 0.5) is 0 Å². The number of carbonyl (C=O) groups is 1. The molecule has 110 valence electrons. The van der Waals surface area contributed by atoms with Gasteiger partial charge in [-0.2, -0.15) is 0 Å². The fourth-order valence-corrected chi connectivity index (χ4v) is 2.93. The second-order valence-corrected chi connectivity index (χ2v) is 5.79. The van der Waals surface area contributed by atoms with Crippen LogP contribution in [0.3, 0.4) is 0 Å². The van der Waals surface area contributed by atoms with Crippen molar-refractivity contribution in [2.75, 3.05) is 6.54 Å². The highest BCUT2D eigenvalue weighted by atomic mass is 16.1. The lowest BCUT2D eigenvalue weighted by Gasteiger charge is -2.28. The molecule has 0 aromatic carbocycles. The first kappa shape index (κ1) is 14.9. The zero-order chi connectivity index (χ0) is 14.7. The van der Waals surface area contributed by atoms with Gasteiger partial charge in [0.2, 0.25) is 5.91 Å². The van der Waals surface area contributed by atoms with Gasteiger partial charge in [-0.3, -0.25) is 9.69 Å². The molecule has 1 aromatic heterocycles. The van der Waals surface area contributed by atoms with Crippen LogP contribution in [0, 0.1) is 6.92 Å². The van der Waals surface area contributed by atoms with E-state index in [1.807, 2.05) is 13.0 Å². The molecular weight excluding hydrogens is 252 g/mol. The van der Waals surface area contributed by atoms with Crippen molar-refractivity contribution in [2.24, 2.45) is 5.73 Å². The molecule has 1 atom stereocenters. The van der Waals surface area contributed by atoms with Crippen molar-refractivity contribution < 1.29 is 4.79 Å². The third kappa shape index (κ3) is 3.54. The maximum Gasteiger partial charge on any atom is 0.217 e. The van der Waals surface area contributed by atoms with Crippen LogP contribution in [-0.4, -0.2) is 33.4 Å². The fourth-order valence-electron chi connectivity index (χ4n) is 2.93. The van der Waals surface area contributed by atoms with Gasteiger partial charge in [0, 0.05) is 18.2 Å². The highest BCUT2D eigenvalue weighted by molar-refractivity contribution is 5.73. The standard InChI is InChI=1S/C15H24N4O/c1-10(2)19-8-4-5-14(19)13-9-12(6-7-15(16)20)17-11(3)18-13/h9-10,14H,4-8H2,1-3H3,(H2,16,20). The van der Waals surface area contributed by atoms with E-state index in [9.17, 15) is 4.79 Å². The summed E-state index contributed by atoms with van der Waals surface area (Å²) >= 11 is 0. The van der Waals surface area contributed by atoms with Crippen molar-refractivity contribution in [1.82, 2.24) is 14.9 Å². The van der Waals surface area contributed by atoms with Crippen LogP contribution in [0.15, 0.2) is 6.07 Å². The van der Waals surface area contributed by atoms with Crippen molar-refractivity contribution in [3.8, 4) is 0 Å². The highest BCUT2D eigenvalue weighted by Crippen LogP contribution is 2.32. The van der Waals surface area contributed by atoms with Gasteiger partial charge < -0.3 is 5.73 Å². The number of nitrogens with two attached hydrogens (primary N) is 1. The van der Waals surface area contributed by atoms with Gasteiger partial charge in [0.25, 0.3) is 0 Å². The smallest absolute Gasteiger partial charge is 0.217 e. The summed E-state index contributed by atoms with van der Waals surface area (Å²) in [6.45, 7) is 7.48. The molecule has 0 radical (unpaired) electrons. The highest BCUT2D eigenvalue weighted by Gasteiger charge is 2.29. The van der Waals surface area contributed by atoms with Gasteiger partial charge in [0.1, 0.15) is 5.82 Å². The molecule has 1 aromatic rings. The topological polar surface area (TPSA) is 72.1 Å². The Bertz CT molecular complexity index is 487. The summed E-state index contributed by atoms with van der Waals surface area (Å²) in [6, 6.07) is 2.94. The second-order valence-electron chi connectivity index (χ2n) is 5.79. The predicted molar refractivity (Wildman–Crippen MR) is 78.1 cm³/mol. The van der Waals surface area contributed by atoms with Gasteiger partial charge in [0.15, 0.2) is 0 Å². The number of carbonyl (C=O) groups excluding carboxylic acids is 1. The first-order valence-electron chi connectivity index (χ1n) is 7.36. The number of aromatic nitrogens is 2. The summed E-state index contributed by atoms with van der Waals surface area (Å²) in [7, 11) is 0. The molecule has 0 bridgehead atoms. The van der Waals surface area contributed by atoms with E-state index in [4.69, 9.17) is 5.73 Å². The summed E-state index contributed by atoms with van der Waals surface area (Å²) in [5, 5.41) is 0. The molecule has 1 saturated heterocycles. The molecule has 2 N–H and O–H groups in total. The number of nitrogens with zero attached hydrogens (tertiary/aromatic N) is 3. The lowest BCUT2D eigenvalue weighted by atomic mass is 10.1. The Labute approximate surface area is 120 Å². The first-order valence-corrected chi connectivity index (χ1v) is 7.36. The average Bonchev–Trinajstić information content (AvgIpc) is 2.85. The van der Waals surface area contributed by atoms with Crippen molar-refractivity contribution in [2.45, 2.75) is 58.5 Å². The van der Waals surface area contributed by atoms with Crippen molar-refractivity contribution in [3.05, 3.63) is 23.3 Å². The average molecular weight is 276 g/mol. The van der Waals surface area contributed by atoms with Gasteiger partial charge in [-0.25, -0.2) is 9.97 Å². The molecule has 1 aliphatic heterocycles. The Morgan fingerprint density at radius 1 is 1.50 bits per heavy atom. The fraction of sp³-hybridized carbons (Fsp3) is 0.667. The third-order valence-electron chi connectivity index (χ3n) is 3.84. The van der Waals surface area contributed by atoms with E-state index in [0.29, 0.717) is 24.9 Å². The van der Waals surface area contributed by atoms with E-state index >= 15 is 0 Å². The Balaban J connectivity index is 2.20. The van der Waals surface area contributed by atoms with E-state index in [-0.39, 0.29) is 5.91 Å². The van der Waals surface area contributed by atoms with Crippen molar-refractivity contribution in [1.29, 1.82) is 0 Å². The van der Waals surface area contributed by atoms with Crippen LogP contribution in [0.1, 0.15) is 56.4 Å². The second kappa shape index (κ2) is 6.31. The molecule has 5 nitrogen and oxygen atoms in total. The monoisotopic (exact) mass is 276 g/mol. The Kier molecular flexibility index (Phi) is 4.70. The van der Waals surface area contributed by atoms with Gasteiger partial charge in [0.05, 0.1) is 11.7 Å². The maximum absolute atomic E-state index is 10.9. The number of amides is 1. The summed E-state index contributed by atoms with van der Waals surface area (Å²) < 4.78 is 0. The minimum absolute atomic E-state index is 0.285. The third-order valence-corrected chi connectivity index (χ3v) is 3.84. The number of hydrogen-bond donors (Lipinski definition) is 1. The van der Waals surface area contributed by atoms with E-state index < -0.39 is 0 Å². The first-order chi connectivity index (χ1) is 9.47. The van der Waals surface area contributed by atoms with Crippen molar-refractivity contribution >= 4 is 5.91 Å². The molecule has 20 heavy (non-hydrogen) atoms. The quantitative estimate of drug-likeness (QED) is 0.889. The summed E-state index contributed by atoms with van der Waals surface area (Å²) in [5.74, 6) is 0.491. The molecule has 0 saturated carbocycles. The van der Waals surface area contributed by atoms with Gasteiger partial charge in [-0.05, 0) is 52.6 Å².